The van der Waals surface area contributed by atoms with E-state index in [2.05, 4.69) is 9.72 Å². The monoisotopic (exact) mass is 445 g/mol. The largest absolute Gasteiger partial charge is 0.468 e. The summed E-state index contributed by atoms with van der Waals surface area (Å²) >= 11 is 0. The molecule has 170 valence electrons. The molecule has 2 saturated heterocycles. The highest BCUT2D eigenvalue weighted by Gasteiger charge is 2.44. The van der Waals surface area contributed by atoms with Crippen LogP contribution in [0.25, 0.3) is 0 Å². The van der Waals surface area contributed by atoms with Gasteiger partial charge in [-0.1, -0.05) is 0 Å². The normalized spacial score (nSPS) is 19.9. The first kappa shape index (κ1) is 22.6. The molecule has 0 N–H and O–H groups in total. The van der Waals surface area contributed by atoms with Crippen LogP contribution < -0.4 is 4.74 Å². The van der Waals surface area contributed by atoms with Gasteiger partial charge in [-0.05, 0) is 25.8 Å². The molecule has 0 bridgehead atoms. The minimum Gasteiger partial charge on any atom is -0.468 e. The zero-order valence-corrected chi connectivity index (χ0v) is 16.8. The van der Waals surface area contributed by atoms with E-state index in [1.54, 1.807) is 11.8 Å². The number of halogens is 3. The van der Waals surface area contributed by atoms with Crippen molar-refractivity contribution < 1.29 is 41.8 Å². The average Bonchev–Trinajstić information content (AvgIpc) is 3.13. The average molecular weight is 445 g/mol. The molecule has 1 atom stereocenters. The number of rotatable bonds is 6. The van der Waals surface area contributed by atoms with Crippen molar-refractivity contribution in [2.24, 2.45) is 0 Å². The zero-order valence-electron chi connectivity index (χ0n) is 16.8. The number of ether oxygens (including phenoxy) is 3. The lowest BCUT2D eigenvalue weighted by Gasteiger charge is -2.37. The van der Waals surface area contributed by atoms with E-state index in [-0.39, 0.29) is 36.6 Å². The number of pyridine rings is 1. The summed E-state index contributed by atoms with van der Waals surface area (Å²) in [5.41, 5.74) is 0.211. The highest BCUT2D eigenvalue weighted by molar-refractivity contribution is 5.94. The highest BCUT2D eigenvalue weighted by Crippen LogP contribution is 2.25. The van der Waals surface area contributed by atoms with Gasteiger partial charge >= 0.3 is 18.2 Å². The third-order valence-electron chi connectivity index (χ3n) is 4.98. The van der Waals surface area contributed by atoms with Gasteiger partial charge < -0.3 is 19.1 Å². The van der Waals surface area contributed by atoms with Crippen molar-refractivity contribution in [3.8, 4) is 5.88 Å². The Bertz CT molecular complexity index is 809. The van der Waals surface area contributed by atoms with E-state index in [0.29, 0.717) is 25.9 Å². The topological polar surface area (TPSA) is 98.3 Å². The molecule has 0 aliphatic carbocycles. The Morgan fingerprint density at radius 3 is 2.55 bits per heavy atom. The third kappa shape index (κ3) is 5.56. The number of hydrogen-bond donors (Lipinski definition) is 0. The number of carbonyl (C=O) groups is 3. The maximum Gasteiger partial charge on any atom is 0.422 e. The predicted molar refractivity (Wildman–Crippen MR) is 98.3 cm³/mol. The fourth-order valence-corrected chi connectivity index (χ4v) is 3.53. The summed E-state index contributed by atoms with van der Waals surface area (Å²) in [6.45, 7) is 0.994. The molecule has 2 aliphatic heterocycles. The molecule has 3 heterocycles. The molecule has 2 aliphatic rings. The van der Waals surface area contributed by atoms with Crippen molar-refractivity contribution in [2.75, 3.05) is 32.9 Å². The number of carbonyl (C=O) groups excluding carboxylic acids is 3. The molecule has 2 amide bonds. The van der Waals surface area contributed by atoms with E-state index in [1.807, 2.05) is 0 Å². The predicted octanol–water partition coefficient (Wildman–Crippen LogP) is 2.01. The quantitative estimate of drug-likeness (QED) is 0.618. The van der Waals surface area contributed by atoms with Crippen LogP contribution in [0.15, 0.2) is 18.3 Å². The Morgan fingerprint density at radius 2 is 1.97 bits per heavy atom. The minimum atomic E-state index is -4.48. The smallest absolute Gasteiger partial charge is 0.422 e. The summed E-state index contributed by atoms with van der Waals surface area (Å²) in [5.74, 6) is -1.09. The van der Waals surface area contributed by atoms with Gasteiger partial charge in [-0.3, -0.25) is 9.69 Å². The lowest BCUT2D eigenvalue weighted by Crippen LogP contribution is -2.52. The number of cyclic esters (lactones) is 1. The maximum atomic E-state index is 12.7. The Labute approximate surface area is 176 Å². The van der Waals surface area contributed by atoms with Crippen LogP contribution in [-0.4, -0.2) is 83.9 Å². The number of nitrogens with zero attached hydrogens (tertiary/aromatic N) is 3. The Morgan fingerprint density at radius 1 is 1.26 bits per heavy atom. The summed E-state index contributed by atoms with van der Waals surface area (Å²) in [6.07, 6.45) is -3.02. The minimum absolute atomic E-state index is 0.0642. The van der Waals surface area contributed by atoms with E-state index in [1.165, 1.54) is 17.0 Å². The second-order valence-corrected chi connectivity index (χ2v) is 7.06. The summed E-state index contributed by atoms with van der Waals surface area (Å²) in [5, 5.41) is 0. The van der Waals surface area contributed by atoms with Crippen LogP contribution in [0.2, 0.25) is 0 Å². The first-order valence-corrected chi connectivity index (χ1v) is 9.76. The number of alkyl halides is 3. The van der Waals surface area contributed by atoms with Gasteiger partial charge in [-0.25, -0.2) is 14.6 Å². The molecule has 9 nitrogen and oxygen atoms in total. The van der Waals surface area contributed by atoms with Crippen molar-refractivity contribution in [3.63, 3.8) is 0 Å². The van der Waals surface area contributed by atoms with Crippen LogP contribution in [0, 0.1) is 0 Å². The van der Waals surface area contributed by atoms with Crippen LogP contribution >= 0.6 is 0 Å². The fraction of sp³-hybridized carbons (Fsp3) is 0.579. The first-order chi connectivity index (χ1) is 14.7. The van der Waals surface area contributed by atoms with E-state index in [4.69, 9.17) is 9.47 Å². The second kappa shape index (κ2) is 9.40. The van der Waals surface area contributed by atoms with Gasteiger partial charge in [0.1, 0.15) is 6.61 Å². The van der Waals surface area contributed by atoms with Crippen LogP contribution in [0.1, 0.15) is 30.1 Å². The highest BCUT2D eigenvalue weighted by atomic mass is 19.4. The van der Waals surface area contributed by atoms with Crippen molar-refractivity contribution in [2.45, 2.75) is 38.0 Å². The lowest BCUT2D eigenvalue weighted by atomic mass is 10.0. The second-order valence-electron chi connectivity index (χ2n) is 7.06. The molecule has 2 fully saturated rings. The van der Waals surface area contributed by atoms with Gasteiger partial charge in [0.15, 0.2) is 12.6 Å². The molecule has 1 aromatic rings. The van der Waals surface area contributed by atoms with E-state index in [0.717, 1.165) is 6.20 Å². The van der Waals surface area contributed by atoms with Crippen LogP contribution in [0.5, 0.6) is 5.88 Å². The van der Waals surface area contributed by atoms with Crippen molar-refractivity contribution in [1.82, 2.24) is 14.8 Å². The molecule has 0 saturated carbocycles. The number of esters is 1. The molecular formula is C19H22F3N3O6. The molecule has 0 radical (unpaired) electrons. The first-order valence-electron chi connectivity index (χ1n) is 9.76. The SMILES string of the molecule is CCOC(=O)[C@@H]1COC(=O)N1C1CCN(C(=O)c2ccc(OCC(F)(F)F)nc2)CC1. The van der Waals surface area contributed by atoms with Gasteiger partial charge in [0.2, 0.25) is 5.88 Å². The van der Waals surface area contributed by atoms with E-state index < -0.39 is 30.9 Å². The molecular weight excluding hydrogens is 423 g/mol. The van der Waals surface area contributed by atoms with Crippen molar-refractivity contribution in [1.29, 1.82) is 0 Å². The maximum absolute atomic E-state index is 12.7. The van der Waals surface area contributed by atoms with Gasteiger partial charge in [0.25, 0.3) is 5.91 Å². The van der Waals surface area contributed by atoms with Crippen LogP contribution in [0.4, 0.5) is 18.0 Å². The summed E-state index contributed by atoms with van der Waals surface area (Å²) in [7, 11) is 0. The number of hydrogen-bond acceptors (Lipinski definition) is 7. The van der Waals surface area contributed by atoms with Gasteiger partial charge in [0.05, 0.1) is 12.2 Å². The molecule has 1 aromatic heterocycles. The number of aromatic nitrogens is 1. The standard InChI is InChI=1S/C19H22F3N3O6/c1-2-29-17(27)14-10-30-18(28)25(14)13-5-7-24(8-6-13)16(26)12-3-4-15(23-9-12)31-11-19(20,21)22/h3-4,9,13-14H,2,5-8,10-11H2,1H3/t14-/m0/s1. The molecule has 0 aromatic carbocycles. The molecule has 0 unspecified atom stereocenters. The number of likely N-dealkylation sites (tertiary alicyclic amines) is 1. The molecule has 31 heavy (non-hydrogen) atoms. The van der Waals surface area contributed by atoms with E-state index >= 15 is 0 Å². The third-order valence-corrected chi connectivity index (χ3v) is 4.98. The van der Waals surface area contributed by atoms with Crippen LogP contribution in [0.3, 0.4) is 0 Å². The van der Waals surface area contributed by atoms with Gasteiger partial charge in [-0.2, -0.15) is 13.2 Å². The van der Waals surface area contributed by atoms with Gasteiger partial charge in [-0.15, -0.1) is 0 Å². The summed E-state index contributed by atoms with van der Waals surface area (Å²) in [4.78, 5) is 43.5. The molecule has 3 rings (SSSR count). The molecule has 0 spiro atoms. The Hall–Kier alpha value is -3.05. The number of piperidine rings is 1. The zero-order chi connectivity index (χ0) is 22.6. The molecule has 12 heteroatoms. The lowest BCUT2D eigenvalue weighted by molar-refractivity contribution is -0.154. The number of amides is 2. The van der Waals surface area contributed by atoms with Crippen molar-refractivity contribution in [3.05, 3.63) is 23.9 Å². The summed E-state index contributed by atoms with van der Waals surface area (Å²) < 4.78 is 51.1. The Kier molecular flexibility index (Phi) is 6.86. The van der Waals surface area contributed by atoms with E-state index in [9.17, 15) is 27.6 Å². The summed E-state index contributed by atoms with van der Waals surface area (Å²) in [6, 6.07) is 1.48. The van der Waals surface area contributed by atoms with Crippen LogP contribution in [-0.2, 0) is 14.3 Å². The Balaban J connectivity index is 1.56. The fourth-order valence-electron chi connectivity index (χ4n) is 3.53. The van der Waals surface area contributed by atoms with Crippen molar-refractivity contribution >= 4 is 18.0 Å². The van der Waals surface area contributed by atoms with Gasteiger partial charge in [0, 0.05) is 31.4 Å².